The molecular formula is C12H16N2O3. The van der Waals surface area contributed by atoms with Crippen LogP contribution in [0.3, 0.4) is 0 Å². The molecule has 1 rings (SSSR count). The van der Waals surface area contributed by atoms with Crippen LogP contribution in [0, 0.1) is 0 Å². The van der Waals surface area contributed by atoms with Crippen LogP contribution < -0.4 is 11.1 Å². The highest BCUT2D eigenvalue weighted by Crippen LogP contribution is 2.14. The number of urea groups is 1. The molecule has 1 aromatic carbocycles. The maximum absolute atomic E-state index is 11.8. The molecule has 0 radical (unpaired) electrons. The molecule has 5 nitrogen and oxygen atoms in total. The number of esters is 1. The fraction of sp³-hybridized carbons (Fsp3) is 0.333. The number of ether oxygens (including phenoxy) is 1. The number of rotatable bonds is 4. The van der Waals surface area contributed by atoms with Gasteiger partial charge in [0.15, 0.2) is 6.04 Å². The largest absolute Gasteiger partial charge is 0.461 e. The monoisotopic (exact) mass is 236 g/mol. The van der Waals surface area contributed by atoms with Gasteiger partial charge in [0.2, 0.25) is 0 Å². The second kappa shape index (κ2) is 5.89. The summed E-state index contributed by atoms with van der Waals surface area (Å²) in [5, 5.41) is 2.37. The smallest absolute Gasteiger partial charge is 0.333 e. The molecule has 1 aromatic rings. The Morgan fingerprint density at radius 2 is 1.82 bits per heavy atom. The zero-order valence-electron chi connectivity index (χ0n) is 9.84. The van der Waals surface area contributed by atoms with E-state index in [2.05, 4.69) is 5.32 Å². The van der Waals surface area contributed by atoms with Crippen molar-refractivity contribution in [3.63, 3.8) is 0 Å². The Bertz CT molecular complexity index is 390. The van der Waals surface area contributed by atoms with Gasteiger partial charge in [0.05, 0.1) is 6.10 Å². The number of amides is 2. The lowest BCUT2D eigenvalue weighted by atomic mass is 10.1. The van der Waals surface area contributed by atoms with Crippen LogP contribution in [0.25, 0.3) is 0 Å². The second-order valence-corrected chi connectivity index (χ2v) is 3.84. The Labute approximate surface area is 99.9 Å². The molecule has 1 unspecified atom stereocenters. The molecule has 0 fully saturated rings. The van der Waals surface area contributed by atoms with Crippen molar-refractivity contribution in [1.82, 2.24) is 5.32 Å². The number of benzene rings is 1. The SMILES string of the molecule is CC(C)OC(=O)C(NC(N)=O)c1ccccc1. The zero-order valence-corrected chi connectivity index (χ0v) is 9.84. The van der Waals surface area contributed by atoms with E-state index >= 15 is 0 Å². The van der Waals surface area contributed by atoms with Gasteiger partial charge in [-0.05, 0) is 19.4 Å². The van der Waals surface area contributed by atoms with Crippen LogP contribution in [0.4, 0.5) is 4.79 Å². The first kappa shape index (κ1) is 13.0. The number of hydrogen-bond acceptors (Lipinski definition) is 3. The Morgan fingerprint density at radius 1 is 1.24 bits per heavy atom. The number of nitrogens with two attached hydrogens (primary N) is 1. The average Bonchev–Trinajstić information content (AvgIpc) is 2.25. The quantitative estimate of drug-likeness (QED) is 0.774. The Balaban J connectivity index is 2.88. The van der Waals surface area contributed by atoms with E-state index in [0.717, 1.165) is 0 Å². The number of hydrogen-bond donors (Lipinski definition) is 2. The number of primary amides is 1. The van der Waals surface area contributed by atoms with Crippen molar-refractivity contribution >= 4 is 12.0 Å². The van der Waals surface area contributed by atoms with Gasteiger partial charge < -0.3 is 15.8 Å². The molecule has 0 bridgehead atoms. The first-order valence-corrected chi connectivity index (χ1v) is 5.32. The van der Waals surface area contributed by atoms with Crippen LogP contribution in [0.15, 0.2) is 30.3 Å². The van der Waals surface area contributed by atoms with Crippen LogP contribution in [0.5, 0.6) is 0 Å². The van der Waals surface area contributed by atoms with Gasteiger partial charge in [-0.3, -0.25) is 0 Å². The summed E-state index contributed by atoms with van der Waals surface area (Å²) < 4.78 is 5.06. The molecule has 0 heterocycles. The molecule has 3 N–H and O–H groups in total. The molecule has 0 spiro atoms. The normalized spacial score (nSPS) is 11.9. The van der Waals surface area contributed by atoms with Gasteiger partial charge in [0.1, 0.15) is 0 Å². The van der Waals surface area contributed by atoms with E-state index in [4.69, 9.17) is 10.5 Å². The van der Waals surface area contributed by atoms with Crippen molar-refractivity contribution in [2.24, 2.45) is 5.73 Å². The predicted octanol–water partition coefficient (Wildman–Crippen LogP) is 1.35. The summed E-state index contributed by atoms with van der Waals surface area (Å²) in [6.45, 7) is 3.48. The molecule has 0 aliphatic carbocycles. The molecule has 17 heavy (non-hydrogen) atoms. The summed E-state index contributed by atoms with van der Waals surface area (Å²) >= 11 is 0. The summed E-state index contributed by atoms with van der Waals surface area (Å²) in [5.74, 6) is -0.523. The van der Waals surface area contributed by atoms with Gasteiger partial charge in [-0.2, -0.15) is 0 Å². The van der Waals surface area contributed by atoms with Crippen LogP contribution in [-0.2, 0) is 9.53 Å². The van der Waals surface area contributed by atoms with E-state index in [9.17, 15) is 9.59 Å². The molecule has 2 amide bonds. The standard InChI is InChI=1S/C12H16N2O3/c1-8(2)17-11(15)10(14-12(13)16)9-6-4-3-5-7-9/h3-8,10H,1-2H3,(H3,13,14,16). The van der Waals surface area contributed by atoms with Gasteiger partial charge in [-0.25, -0.2) is 9.59 Å². The maximum atomic E-state index is 11.8. The van der Waals surface area contributed by atoms with Gasteiger partial charge >= 0.3 is 12.0 Å². The van der Waals surface area contributed by atoms with Crippen molar-refractivity contribution in [3.05, 3.63) is 35.9 Å². The number of carbonyl (C=O) groups excluding carboxylic acids is 2. The summed E-state index contributed by atoms with van der Waals surface area (Å²) in [6, 6.07) is 7.18. The third kappa shape index (κ3) is 4.14. The topological polar surface area (TPSA) is 81.4 Å². The highest BCUT2D eigenvalue weighted by atomic mass is 16.5. The van der Waals surface area contributed by atoms with E-state index in [0.29, 0.717) is 5.56 Å². The second-order valence-electron chi connectivity index (χ2n) is 3.84. The Kier molecular flexibility index (Phi) is 4.51. The summed E-state index contributed by atoms with van der Waals surface area (Å²) in [6.07, 6.45) is -0.247. The van der Waals surface area contributed by atoms with Crippen molar-refractivity contribution in [3.8, 4) is 0 Å². The average molecular weight is 236 g/mol. The lowest BCUT2D eigenvalue weighted by Gasteiger charge is -2.18. The van der Waals surface area contributed by atoms with Crippen molar-refractivity contribution in [1.29, 1.82) is 0 Å². The van der Waals surface area contributed by atoms with Crippen molar-refractivity contribution in [2.45, 2.75) is 26.0 Å². The lowest BCUT2D eigenvalue weighted by Crippen LogP contribution is -2.38. The van der Waals surface area contributed by atoms with E-state index in [1.54, 1.807) is 38.1 Å². The third-order valence-electron chi connectivity index (χ3n) is 2.01. The third-order valence-corrected chi connectivity index (χ3v) is 2.01. The van der Waals surface area contributed by atoms with Crippen LogP contribution in [0.2, 0.25) is 0 Å². The minimum Gasteiger partial charge on any atom is -0.461 e. The minimum absolute atomic E-state index is 0.247. The van der Waals surface area contributed by atoms with Crippen molar-refractivity contribution < 1.29 is 14.3 Å². The van der Waals surface area contributed by atoms with E-state index in [-0.39, 0.29) is 6.10 Å². The Morgan fingerprint density at radius 3 is 2.29 bits per heavy atom. The highest BCUT2D eigenvalue weighted by Gasteiger charge is 2.23. The summed E-state index contributed by atoms with van der Waals surface area (Å²) in [7, 11) is 0. The summed E-state index contributed by atoms with van der Waals surface area (Å²) in [5.41, 5.74) is 5.68. The molecule has 0 saturated heterocycles. The minimum atomic E-state index is -0.865. The number of carbonyl (C=O) groups is 2. The van der Waals surface area contributed by atoms with E-state index in [1.165, 1.54) is 0 Å². The van der Waals surface area contributed by atoms with Crippen molar-refractivity contribution in [2.75, 3.05) is 0 Å². The van der Waals surface area contributed by atoms with Crippen LogP contribution in [-0.4, -0.2) is 18.1 Å². The van der Waals surface area contributed by atoms with E-state index in [1.807, 2.05) is 6.07 Å². The molecule has 0 saturated carbocycles. The van der Waals surface area contributed by atoms with Gasteiger partial charge in [-0.1, -0.05) is 30.3 Å². The number of nitrogens with one attached hydrogen (secondary N) is 1. The molecular weight excluding hydrogens is 220 g/mol. The van der Waals surface area contributed by atoms with Crippen LogP contribution >= 0.6 is 0 Å². The Hall–Kier alpha value is -2.04. The molecule has 0 aliphatic heterocycles. The molecule has 0 aromatic heterocycles. The molecule has 1 atom stereocenters. The first-order chi connectivity index (χ1) is 8.00. The zero-order chi connectivity index (χ0) is 12.8. The molecule has 0 aliphatic rings. The maximum Gasteiger partial charge on any atom is 0.333 e. The van der Waals surface area contributed by atoms with Crippen LogP contribution in [0.1, 0.15) is 25.5 Å². The van der Waals surface area contributed by atoms with Gasteiger partial charge in [-0.15, -0.1) is 0 Å². The highest BCUT2D eigenvalue weighted by molar-refractivity contribution is 5.84. The summed E-state index contributed by atoms with van der Waals surface area (Å²) in [4.78, 5) is 22.7. The predicted molar refractivity (Wildman–Crippen MR) is 63.1 cm³/mol. The first-order valence-electron chi connectivity index (χ1n) is 5.32. The van der Waals surface area contributed by atoms with E-state index < -0.39 is 18.0 Å². The molecule has 92 valence electrons. The van der Waals surface area contributed by atoms with Gasteiger partial charge in [0.25, 0.3) is 0 Å². The molecule has 5 heteroatoms. The fourth-order valence-electron chi connectivity index (χ4n) is 1.37. The van der Waals surface area contributed by atoms with Gasteiger partial charge in [0, 0.05) is 0 Å². The fourth-order valence-corrected chi connectivity index (χ4v) is 1.37. The lowest BCUT2D eigenvalue weighted by molar-refractivity contribution is -0.149.